The van der Waals surface area contributed by atoms with Crippen LogP contribution in [0.5, 0.6) is 0 Å². The Morgan fingerprint density at radius 2 is 1.76 bits per heavy atom. The molecule has 0 spiro atoms. The molecule has 4 aromatic rings. The number of carbonyl (C=O) groups is 2. The highest BCUT2D eigenvalue weighted by Crippen LogP contribution is 2.24. The van der Waals surface area contributed by atoms with E-state index in [9.17, 15) is 14.0 Å². The number of H-pyrrole nitrogens is 1. The van der Waals surface area contributed by atoms with Gasteiger partial charge in [0.15, 0.2) is 5.82 Å². The van der Waals surface area contributed by atoms with E-state index in [-0.39, 0.29) is 23.3 Å². The van der Waals surface area contributed by atoms with E-state index in [0.29, 0.717) is 36.8 Å². The van der Waals surface area contributed by atoms with E-state index in [2.05, 4.69) is 46.4 Å². The molecule has 1 N–H and O–H groups in total. The van der Waals surface area contributed by atoms with Crippen LogP contribution in [0.3, 0.4) is 0 Å². The van der Waals surface area contributed by atoms with Crippen molar-refractivity contribution < 1.29 is 14.0 Å². The topological polar surface area (TPSA) is 66.1 Å². The fourth-order valence-corrected chi connectivity index (χ4v) is 4.48. The van der Waals surface area contributed by atoms with Crippen molar-refractivity contribution in [1.29, 1.82) is 0 Å². The number of aromatic nitrogens is 2. The van der Waals surface area contributed by atoms with E-state index in [1.807, 2.05) is 18.2 Å². The second-order valence-corrected chi connectivity index (χ2v) is 8.42. The molecular formula is C27H24FN3O2. The standard InChI is InChI=1S/C27H24FN3O2/c28-21-13-14-22-23(17-21)30-27(29-22)26(33)24-7-4-16-31(24)25(32)15-10-18-8-11-20(12-9-18)19-5-2-1-3-6-19/h1-3,5-6,8-9,11-14,17,24H,4,7,10,15-16H2,(H,29,30)/t24-/m0/s1. The van der Waals surface area contributed by atoms with Crippen molar-refractivity contribution in [3.05, 3.63) is 90.0 Å². The summed E-state index contributed by atoms with van der Waals surface area (Å²) in [5.74, 6) is -0.457. The zero-order chi connectivity index (χ0) is 22.8. The van der Waals surface area contributed by atoms with Gasteiger partial charge in [0, 0.05) is 13.0 Å². The minimum atomic E-state index is -0.525. The zero-order valence-electron chi connectivity index (χ0n) is 18.1. The number of carbonyl (C=O) groups excluding carboxylic acids is 2. The van der Waals surface area contributed by atoms with Crippen molar-refractivity contribution >= 4 is 22.7 Å². The van der Waals surface area contributed by atoms with Gasteiger partial charge in [-0.3, -0.25) is 9.59 Å². The number of halogens is 1. The Bertz CT molecular complexity index is 1300. The third kappa shape index (κ3) is 4.42. The van der Waals surface area contributed by atoms with Gasteiger partial charge in [-0.1, -0.05) is 54.6 Å². The van der Waals surface area contributed by atoms with E-state index in [0.717, 1.165) is 23.1 Å². The molecule has 0 bridgehead atoms. The van der Waals surface area contributed by atoms with Gasteiger partial charge in [-0.25, -0.2) is 9.37 Å². The van der Waals surface area contributed by atoms with Crippen molar-refractivity contribution in [3.8, 4) is 11.1 Å². The van der Waals surface area contributed by atoms with Gasteiger partial charge in [-0.15, -0.1) is 0 Å². The first-order chi connectivity index (χ1) is 16.1. The van der Waals surface area contributed by atoms with Crippen molar-refractivity contribution in [3.63, 3.8) is 0 Å². The van der Waals surface area contributed by atoms with Gasteiger partial charge >= 0.3 is 0 Å². The van der Waals surface area contributed by atoms with Gasteiger partial charge in [0.05, 0.1) is 17.1 Å². The summed E-state index contributed by atoms with van der Waals surface area (Å²) in [7, 11) is 0. The molecule has 1 aromatic heterocycles. The maximum atomic E-state index is 13.5. The first kappa shape index (κ1) is 21.1. The lowest BCUT2D eigenvalue weighted by molar-refractivity contribution is -0.131. The number of benzene rings is 3. The van der Waals surface area contributed by atoms with E-state index in [1.54, 1.807) is 11.0 Å². The number of hydrogen-bond acceptors (Lipinski definition) is 3. The Labute approximate surface area is 191 Å². The summed E-state index contributed by atoms with van der Waals surface area (Å²) < 4.78 is 13.5. The first-order valence-corrected chi connectivity index (χ1v) is 11.2. The van der Waals surface area contributed by atoms with Gasteiger partial charge in [-0.2, -0.15) is 0 Å². The van der Waals surface area contributed by atoms with Crippen LogP contribution in [-0.2, 0) is 11.2 Å². The second kappa shape index (κ2) is 8.98. The lowest BCUT2D eigenvalue weighted by atomic mass is 10.0. The second-order valence-electron chi connectivity index (χ2n) is 8.42. The van der Waals surface area contributed by atoms with E-state index in [1.165, 1.54) is 12.1 Å². The van der Waals surface area contributed by atoms with Crippen LogP contribution < -0.4 is 0 Å². The van der Waals surface area contributed by atoms with Crippen LogP contribution in [-0.4, -0.2) is 39.1 Å². The lowest BCUT2D eigenvalue weighted by Gasteiger charge is -2.23. The van der Waals surface area contributed by atoms with E-state index >= 15 is 0 Å². The summed E-state index contributed by atoms with van der Waals surface area (Å²) in [6, 6.07) is 22.1. The number of fused-ring (bicyclic) bond motifs is 1. The average Bonchev–Trinajstić information content (AvgIpc) is 3.50. The van der Waals surface area contributed by atoms with Crippen LogP contribution in [0.25, 0.3) is 22.2 Å². The highest BCUT2D eigenvalue weighted by atomic mass is 19.1. The summed E-state index contributed by atoms with van der Waals surface area (Å²) >= 11 is 0. The Kier molecular flexibility index (Phi) is 5.73. The van der Waals surface area contributed by atoms with Crippen LogP contribution in [0.2, 0.25) is 0 Å². The van der Waals surface area contributed by atoms with Crippen molar-refractivity contribution in [2.24, 2.45) is 0 Å². The average molecular weight is 442 g/mol. The number of likely N-dealkylation sites (tertiary alicyclic amines) is 1. The van der Waals surface area contributed by atoms with Crippen LogP contribution >= 0.6 is 0 Å². The van der Waals surface area contributed by atoms with Crippen LogP contribution in [0.1, 0.15) is 35.4 Å². The molecule has 0 aliphatic carbocycles. The fraction of sp³-hybridized carbons (Fsp3) is 0.222. The quantitative estimate of drug-likeness (QED) is 0.420. The third-order valence-corrected chi connectivity index (χ3v) is 6.24. The van der Waals surface area contributed by atoms with E-state index in [4.69, 9.17) is 0 Å². The molecule has 2 heterocycles. The van der Waals surface area contributed by atoms with Gasteiger partial charge in [-0.05, 0) is 54.2 Å². The number of hydrogen-bond donors (Lipinski definition) is 1. The molecule has 33 heavy (non-hydrogen) atoms. The SMILES string of the molecule is O=C(c1nc2ccc(F)cc2[nH]1)[C@@H]1CCCN1C(=O)CCc1ccc(-c2ccccc2)cc1. The monoisotopic (exact) mass is 441 g/mol. The zero-order valence-corrected chi connectivity index (χ0v) is 18.1. The van der Waals surface area contributed by atoms with Crippen molar-refractivity contribution in [2.75, 3.05) is 6.54 Å². The summed E-state index contributed by atoms with van der Waals surface area (Å²) in [5.41, 5.74) is 4.40. The molecule has 166 valence electrons. The Morgan fingerprint density at radius 3 is 2.55 bits per heavy atom. The molecule has 3 aromatic carbocycles. The minimum Gasteiger partial charge on any atom is -0.335 e. The molecule has 0 unspecified atom stereocenters. The molecule has 0 saturated carbocycles. The lowest BCUT2D eigenvalue weighted by Crippen LogP contribution is -2.41. The molecule has 1 amide bonds. The number of Topliss-reactive ketones (excluding diaryl/α,β-unsaturated/α-hetero) is 1. The number of rotatable bonds is 6. The minimum absolute atomic E-state index is 0.0276. The number of imidazole rings is 1. The number of aromatic amines is 1. The normalized spacial score (nSPS) is 15.8. The molecule has 6 heteroatoms. The van der Waals surface area contributed by atoms with Gasteiger partial charge in [0.25, 0.3) is 0 Å². The fourth-order valence-electron chi connectivity index (χ4n) is 4.48. The number of ketones is 1. The predicted molar refractivity (Wildman–Crippen MR) is 125 cm³/mol. The van der Waals surface area contributed by atoms with E-state index < -0.39 is 6.04 Å². The molecule has 5 nitrogen and oxygen atoms in total. The molecule has 1 saturated heterocycles. The predicted octanol–water partition coefficient (Wildman–Crippen LogP) is 5.18. The molecule has 0 radical (unpaired) electrons. The molecule has 5 rings (SSSR count). The van der Waals surface area contributed by atoms with Crippen LogP contribution in [0.15, 0.2) is 72.8 Å². The Hall–Kier alpha value is -3.80. The number of amides is 1. The molecule has 1 fully saturated rings. The summed E-state index contributed by atoms with van der Waals surface area (Å²) in [6.07, 6.45) is 2.36. The molecule has 1 atom stereocenters. The highest BCUT2D eigenvalue weighted by molar-refractivity contribution is 6.01. The van der Waals surface area contributed by atoms with Gasteiger partial charge < -0.3 is 9.88 Å². The van der Waals surface area contributed by atoms with Crippen molar-refractivity contribution in [1.82, 2.24) is 14.9 Å². The van der Waals surface area contributed by atoms with Crippen LogP contribution in [0, 0.1) is 5.82 Å². The number of nitrogens with zero attached hydrogens (tertiary/aromatic N) is 2. The van der Waals surface area contributed by atoms with Gasteiger partial charge in [0.2, 0.25) is 11.7 Å². The molecule has 1 aliphatic heterocycles. The largest absolute Gasteiger partial charge is 0.335 e. The first-order valence-electron chi connectivity index (χ1n) is 11.2. The summed E-state index contributed by atoms with van der Waals surface area (Å²) in [6.45, 7) is 0.567. The Morgan fingerprint density at radius 1 is 1.00 bits per heavy atom. The maximum Gasteiger partial charge on any atom is 0.223 e. The van der Waals surface area contributed by atoms with Crippen molar-refractivity contribution in [2.45, 2.75) is 31.7 Å². The summed E-state index contributed by atoms with van der Waals surface area (Å²) in [4.78, 5) is 34.9. The maximum absolute atomic E-state index is 13.5. The molecule has 1 aliphatic rings. The number of aryl methyl sites for hydroxylation is 1. The summed E-state index contributed by atoms with van der Waals surface area (Å²) in [5, 5.41) is 0. The van der Waals surface area contributed by atoms with Crippen LogP contribution in [0.4, 0.5) is 4.39 Å². The Balaban J connectivity index is 1.24. The smallest absolute Gasteiger partial charge is 0.223 e. The molecular weight excluding hydrogens is 417 g/mol. The van der Waals surface area contributed by atoms with Gasteiger partial charge in [0.1, 0.15) is 5.82 Å². The third-order valence-electron chi connectivity index (χ3n) is 6.24. The number of nitrogens with one attached hydrogen (secondary N) is 1. The highest BCUT2D eigenvalue weighted by Gasteiger charge is 2.35.